The van der Waals surface area contributed by atoms with Gasteiger partial charge >= 0.3 is 0 Å². The number of hydrogen-bond acceptors (Lipinski definition) is 6. The minimum absolute atomic E-state index is 0.102. The zero-order valence-electron chi connectivity index (χ0n) is 20.6. The quantitative estimate of drug-likeness (QED) is 0.430. The molecule has 3 aromatic rings. The molecule has 0 radical (unpaired) electrons. The van der Waals surface area contributed by atoms with E-state index in [2.05, 4.69) is 20.8 Å². The Labute approximate surface area is 212 Å². The number of halogens is 2. The van der Waals surface area contributed by atoms with Crippen LogP contribution in [0.5, 0.6) is 0 Å². The van der Waals surface area contributed by atoms with Gasteiger partial charge in [-0.05, 0) is 52.2 Å². The summed E-state index contributed by atoms with van der Waals surface area (Å²) in [6.07, 6.45) is 0. The number of hydrogen-bond donors (Lipinski definition) is 3. The number of aromatic amines is 1. The number of anilines is 2. The van der Waals surface area contributed by atoms with Crippen molar-refractivity contribution in [2.24, 2.45) is 0 Å². The Morgan fingerprint density at radius 1 is 1.11 bits per heavy atom. The van der Waals surface area contributed by atoms with Crippen molar-refractivity contribution in [3.63, 3.8) is 0 Å². The lowest BCUT2D eigenvalue weighted by Gasteiger charge is -2.30. The Hall–Kier alpha value is -3.68. The van der Waals surface area contributed by atoms with E-state index in [-0.39, 0.29) is 30.4 Å². The molecule has 0 unspecified atom stereocenters. The number of nitrogens with one attached hydrogen (secondary N) is 3. The first-order valence-corrected chi connectivity index (χ1v) is 12.7. The Morgan fingerprint density at radius 3 is 2.41 bits per heavy atom. The molecule has 0 aliphatic carbocycles. The Kier molecular flexibility index (Phi) is 6.88. The van der Waals surface area contributed by atoms with Gasteiger partial charge in [-0.25, -0.2) is 17.2 Å². The number of fused-ring (bicyclic) bond motifs is 1. The average Bonchev–Trinajstić information content (AvgIpc) is 3.31. The Morgan fingerprint density at radius 2 is 1.76 bits per heavy atom. The zero-order chi connectivity index (χ0) is 27.1. The summed E-state index contributed by atoms with van der Waals surface area (Å²) in [7, 11) is -0.831. The molecule has 10 nitrogen and oxygen atoms in total. The molecule has 0 bridgehead atoms. The topological polar surface area (TPSA) is 128 Å². The van der Waals surface area contributed by atoms with Crippen molar-refractivity contribution >= 4 is 33.3 Å². The van der Waals surface area contributed by atoms with Gasteiger partial charge in [0.05, 0.1) is 33.9 Å². The van der Waals surface area contributed by atoms with Crippen molar-refractivity contribution < 1.29 is 26.8 Å². The molecule has 2 aromatic carbocycles. The van der Waals surface area contributed by atoms with Crippen LogP contribution in [0.1, 0.15) is 35.5 Å². The summed E-state index contributed by atoms with van der Waals surface area (Å²) in [6.45, 7) is 3.16. The molecule has 0 spiro atoms. The molecule has 2 amide bonds. The van der Waals surface area contributed by atoms with Gasteiger partial charge in [0, 0.05) is 18.2 Å². The third-order valence-electron chi connectivity index (χ3n) is 5.97. The van der Waals surface area contributed by atoms with E-state index in [1.165, 1.54) is 6.07 Å². The highest BCUT2D eigenvalue weighted by molar-refractivity contribution is 7.89. The van der Waals surface area contributed by atoms with Crippen molar-refractivity contribution in [1.29, 1.82) is 0 Å². The maximum absolute atomic E-state index is 13.8. The molecule has 196 valence electrons. The number of aromatic nitrogens is 2. The number of amides is 2. The van der Waals surface area contributed by atoms with E-state index < -0.39 is 38.0 Å². The van der Waals surface area contributed by atoms with Crippen LogP contribution in [0.3, 0.4) is 0 Å². The molecule has 0 fully saturated rings. The summed E-state index contributed by atoms with van der Waals surface area (Å²) >= 11 is 0. The van der Waals surface area contributed by atoms with Crippen LogP contribution in [0, 0.1) is 11.6 Å². The van der Waals surface area contributed by atoms with E-state index in [9.17, 15) is 26.8 Å². The lowest BCUT2D eigenvalue weighted by atomic mass is 10.0. The van der Waals surface area contributed by atoms with E-state index in [0.717, 1.165) is 16.4 Å². The first kappa shape index (κ1) is 26.4. The van der Waals surface area contributed by atoms with E-state index in [4.69, 9.17) is 0 Å². The predicted octanol–water partition coefficient (Wildman–Crippen LogP) is 2.88. The number of sulfonamides is 1. The zero-order valence-corrected chi connectivity index (χ0v) is 21.4. The van der Waals surface area contributed by atoms with Crippen molar-refractivity contribution in [1.82, 2.24) is 19.4 Å². The molecule has 1 aromatic heterocycles. The molecule has 0 atom stereocenters. The molecule has 1 aliphatic heterocycles. The number of benzene rings is 2. The lowest BCUT2D eigenvalue weighted by Crippen LogP contribution is -2.40. The van der Waals surface area contributed by atoms with Gasteiger partial charge in [0.2, 0.25) is 15.9 Å². The number of para-hydroxylation sites is 1. The molecular weight excluding hydrogens is 506 g/mol. The first-order chi connectivity index (χ1) is 17.3. The fraction of sp³-hybridized carbons (Fsp3) is 0.292. The molecule has 0 saturated carbocycles. The van der Waals surface area contributed by atoms with Crippen molar-refractivity contribution in [2.75, 3.05) is 31.3 Å². The summed E-state index contributed by atoms with van der Waals surface area (Å²) in [5.41, 5.74) is 0.161. The number of rotatable bonds is 7. The number of nitrogens with zero attached hydrogens (tertiary/aromatic N) is 3. The number of carbonyl (C=O) groups is 2. The van der Waals surface area contributed by atoms with Crippen LogP contribution in [0.15, 0.2) is 47.4 Å². The van der Waals surface area contributed by atoms with Crippen LogP contribution < -0.4 is 10.6 Å². The van der Waals surface area contributed by atoms with E-state index in [1.807, 2.05) is 0 Å². The van der Waals surface area contributed by atoms with E-state index in [0.29, 0.717) is 23.0 Å². The van der Waals surface area contributed by atoms with Gasteiger partial charge in [0.15, 0.2) is 5.82 Å². The fourth-order valence-corrected chi connectivity index (χ4v) is 6.00. The number of carbonyl (C=O) groups excluding carboxylic acids is 2. The summed E-state index contributed by atoms with van der Waals surface area (Å²) in [5, 5.41) is 12.3. The van der Waals surface area contributed by atoms with Crippen LogP contribution in [0.4, 0.5) is 20.3 Å². The maximum Gasteiger partial charge on any atom is 0.258 e. The molecular formula is C24H26F2N6O4S. The molecule has 3 N–H and O–H groups in total. The molecule has 0 saturated heterocycles. The molecule has 1 aliphatic rings. The van der Waals surface area contributed by atoms with Gasteiger partial charge < -0.3 is 15.5 Å². The van der Waals surface area contributed by atoms with Gasteiger partial charge in [0.25, 0.3) is 5.91 Å². The SMILES string of the molecule is CN(C)CC(=O)Nc1ccccc1C(=O)Nc1n[nH]c2c1CN(S(=O)(=O)c1cc(F)cc(F)c1)C2(C)C. The van der Waals surface area contributed by atoms with Gasteiger partial charge in [0.1, 0.15) is 11.6 Å². The van der Waals surface area contributed by atoms with Gasteiger partial charge in [-0.3, -0.25) is 14.7 Å². The highest BCUT2D eigenvalue weighted by Crippen LogP contribution is 2.44. The highest BCUT2D eigenvalue weighted by atomic mass is 32.2. The summed E-state index contributed by atoms with van der Waals surface area (Å²) in [6, 6.07) is 8.54. The predicted molar refractivity (Wildman–Crippen MR) is 132 cm³/mol. The smallest absolute Gasteiger partial charge is 0.258 e. The van der Waals surface area contributed by atoms with Crippen molar-refractivity contribution in [3.8, 4) is 0 Å². The molecule has 2 heterocycles. The Balaban J connectivity index is 1.61. The van der Waals surface area contributed by atoms with E-state index >= 15 is 0 Å². The monoisotopic (exact) mass is 532 g/mol. The minimum Gasteiger partial charge on any atom is -0.324 e. The third kappa shape index (κ3) is 5.10. The summed E-state index contributed by atoms with van der Waals surface area (Å²) in [5.74, 6) is -2.80. The Bertz CT molecular complexity index is 1470. The van der Waals surface area contributed by atoms with Crippen LogP contribution in [0.25, 0.3) is 0 Å². The largest absolute Gasteiger partial charge is 0.324 e. The lowest BCUT2D eigenvalue weighted by molar-refractivity contribution is -0.116. The minimum atomic E-state index is -4.32. The molecule has 37 heavy (non-hydrogen) atoms. The normalized spacial score (nSPS) is 15.0. The summed E-state index contributed by atoms with van der Waals surface area (Å²) in [4.78, 5) is 26.5. The van der Waals surface area contributed by atoms with Crippen LogP contribution in [-0.2, 0) is 26.9 Å². The standard InChI is InChI=1S/C24H26F2N6O4S/c1-24(2)21-18(12-32(24)37(35,36)16-10-14(25)9-15(26)11-16)22(30-29-21)28-23(34)17-7-5-6-8-19(17)27-20(33)13-31(3)4/h5-11H,12-13H2,1-4H3,(H,27,33)(H2,28,29,30,34). The second-order valence-corrected chi connectivity index (χ2v) is 11.2. The molecule has 4 rings (SSSR count). The second kappa shape index (κ2) is 9.65. The van der Waals surface area contributed by atoms with E-state index in [1.54, 1.807) is 51.0 Å². The highest BCUT2D eigenvalue weighted by Gasteiger charge is 2.48. The van der Waals surface area contributed by atoms with Crippen LogP contribution in [0.2, 0.25) is 0 Å². The number of H-pyrrole nitrogens is 1. The van der Waals surface area contributed by atoms with Crippen molar-refractivity contribution in [3.05, 3.63) is 70.9 Å². The van der Waals surface area contributed by atoms with Crippen LogP contribution in [-0.4, -0.2) is 60.3 Å². The first-order valence-electron chi connectivity index (χ1n) is 11.2. The average molecular weight is 533 g/mol. The third-order valence-corrected chi connectivity index (χ3v) is 7.96. The summed E-state index contributed by atoms with van der Waals surface area (Å²) < 4.78 is 55.3. The van der Waals surface area contributed by atoms with Gasteiger partial charge in [-0.1, -0.05) is 12.1 Å². The fourth-order valence-electron chi connectivity index (χ4n) is 4.23. The maximum atomic E-state index is 13.8. The van der Waals surface area contributed by atoms with Crippen LogP contribution >= 0.6 is 0 Å². The molecule has 13 heteroatoms. The number of likely N-dealkylation sites (N-methyl/N-ethyl adjacent to an activating group) is 1. The van der Waals surface area contributed by atoms with Crippen molar-refractivity contribution in [2.45, 2.75) is 30.8 Å². The van der Waals surface area contributed by atoms with Gasteiger partial charge in [-0.15, -0.1) is 0 Å². The van der Waals surface area contributed by atoms with Gasteiger partial charge in [-0.2, -0.15) is 9.40 Å². The second-order valence-electron chi connectivity index (χ2n) is 9.39.